The number of aryl methyl sites for hydroxylation is 1. The highest BCUT2D eigenvalue weighted by Crippen LogP contribution is 2.21. The summed E-state index contributed by atoms with van der Waals surface area (Å²) in [7, 11) is 0. The van der Waals surface area contributed by atoms with Gasteiger partial charge in [0.05, 0.1) is 5.56 Å². The fraction of sp³-hybridized carbons (Fsp3) is 0.533. The molecule has 4 nitrogen and oxygen atoms in total. The van der Waals surface area contributed by atoms with Gasteiger partial charge in [-0.2, -0.15) is 0 Å². The van der Waals surface area contributed by atoms with E-state index in [9.17, 15) is 4.79 Å². The Kier molecular flexibility index (Phi) is 6.53. The highest BCUT2D eigenvalue weighted by atomic mass is 16.7. The third kappa shape index (κ3) is 5.01. The Bertz CT molecular complexity index is 409. The summed E-state index contributed by atoms with van der Waals surface area (Å²) >= 11 is 0. The summed E-state index contributed by atoms with van der Waals surface area (Å²) in [6, 6.07) is 5.53. The van der Waals surface area contributed by atoms with Crippen LogP contribution in [0.1, 0.15) is 36.7 Å². The van der Waals surface area contributed by atoms with Gasteiger partial charge in [-0.3, -0.25) is 4.79 Å². The molecule has 0 aromatic heterocycles. The molecule has 1 rings (SSSR count). The van der Waals surface area contributed by atoms with E-state index in [1.807, 2.05) is 32.9 Å². The summed E-state index contributed by atoms with van der Waals surface area (Å²) in [6.07, 6.45) is -0.407. The molecule has 4 heteroatoms. The fourth-order valence-electron chi connectivity index (χ4n) is 1.71. The quantitative estimate of drug-likeness (QED) is 0.536. The van der Waals surface area contributed by atoms with Crippen LogP contribution in [-0.4, -0.2) is 31.9 Å². The molecular weight excluding hydrogens is 244 g/mol. The molecular formula is C15H22O4. The molecule has 0 saturated heterocycles. The normalized spacial score (nSPS) is 10.8. The maximum Gasteiger partial charge on any atom is 0.191 e. The van der Waals surface area contributed by atoms with Crippen molar-refractivity contribution in [2.45, 2.75) is 34.0 Å². The lowest BCUT2D eigenvalue weighted by molar-refractivity contribution is -0.152. The number of hydrogen-bond acceptors (Lipinski definition) is 4. The lowest BCUT2D eigenvalue weighted by Crippen LogP contribution is -2.25. The number of Topliss-reactive ketones (excluding diaryl/α,β-unsaturated/α-hetero) is 1. The molecule has 0 aliphatic rings. The first-order valence-electron chi connectivity index (χ1n) is 6.56. The lowest BCUT2D eigenvalue weighted by Gasteiger charge is -2.18. The third-order valence-corrected chi connectivity index (χ3v) is 2.60. The Morgan fingerprint density at radius 3 is 2.37 bits per heavy atom. The zero-order chi connectivity index (χ0) is 14.3. The Balaban J connectivity index is 2.74. The van der Waals surface area contributed by atoms with Crippen molar-refractivity contribution >= 4 is 5.78 Å². The van der Waals surface area contributed by atoms with Crippen molar-refractivity contribution in [2.75, 3.05) is 19.8 Å². The molecule has 0 heterocycles. The van der Waals surface area contributed by atoms with Gasteiger partial charge < -0.3 is 14.2 Å². The number of carbonyl (C=O) groups excluding carboxylic acids is 1. The van der Waals surface area contributed by atoms with Crippen LogP contribution in [0.25, 0.3) is 0 Å². The van der Waals surface area contributed by atoms with Gasteiger partial charge in [0, 0.05) is 13.2 Å². The highest BCUT2D eigenvalue weighted by molar-refractivity contribution is 5.96. The smallest absolute Gasteiger partial charge is 0.191 e. The molecule has 0 unspecified atom stereocenters. The van der Waals surface area contributed by atoms with Crippen LogP contribution in [0, 0.1) is 6.92 Å². The molecule has 0 spiro atoms. The summed E-state index contributed by atoms with van der Waals surface area (Å²) in [5.74, 6) is 0.566. The number of carbonyl (C=O) groups is 1. The molecule has 19 heavy (non-hydrogen) atoms. The monoisotopic (exact) mass is 266 g/mol. The molecule has 1 aromatic rings. The number of rotatable bonds is 8. The van der Waals surface area contributed by atoms with Crippen LogP contribution in [0.3, 0.4) is 0 Å². The fourth-order valence-corrected chi connectivity index (χ4v) is 1.71. The summed E-state index contributed by atoms with van der Waals surface area (Å²) in [5.41, 5.74) is 1.63. The Morgan fingerprint density at radius 1 is 1.21 bits per heavy atom. The maximum atomic E-state index is 11.5. The van der Waals surface area contributed by atoms with E-state index in [1.165, 1.54) is 6.92 Å². The molecule has 106 valence electrons. The second-order valence-electron chi connectivity index (χ2n) is 4.21. The van der Waals surface area contributed by atoms with Crippen LogP contribution < -0.4 is 4.74 Å². The second kappa shape index (κ2) is 7.92. The molecule has 0 aliphatic heterocycles. The van der Waals surface area contributed by atoms with E-state index in [-0.39, 0.29) is 12.4 Å². The topological polar surface area (TPSA) is 44.8 Å². The van der Waals surface area contributed by atoms with Gasteiger partial charge in [-0.25, -0.2) is 0 Å². The van der Waals surface area contributed by atoms with Gasteiger partial charge >= 0.3 is 0 Å². The molecule has 0 saturated carbocycles. The minimum absolute atomic E-state index is 0.0145. The average Bonchev–Trinajstić information content (AvgIpc) is 2.36. The van der Waals surface area contributed by atoms with E-state index in [0.29, 0.717) is 24.5 Å². The zero-order valence-corrected chi connectivity index (χ0v) is 12.1. The molecule has 0 fully saturated rings. The Hall–Kier alpha value is -1.39. The molecule has 0 N–H and O–H groups in total. The average molecular weight is 266 g/mol. The first-order valence-corrected chi connectivity index (χ1v) is 6.56. The molecule has 0 aliphatic carbocycles. The maximum absolute atomic E-state index is 11.5. The van der Waals surface area contributed by atoms with Gasteiger partial charge in [0.15, 0.2) is 12.1 Å². The van der Waals surface area contributed by atoms with Crippen molar-refractivity contribution in [3.05, 3.63) is 29.3 Å². The summed E-state index contributed by atoms with van der Waals surface area (Å²) in [4.78, 5) is 11.5. The van der Waals surface area contributed by atoms with Crippen LogP contribution in [0.4, 0.5) is 0 Å². The summed E-state index contributed by atoms with van der Waals surface area (Å²) in [5, 5.41) is 0. The van der Waals surface area contributed by atoms with E-state index in [1.54, 1.807) is 6.07 Å². The number of ketones is 1. The van der Waals surface area contributed by atoms with Gasteiger partial charge in [0.25, 0.3) is 0 Å². The molecule has 0 amide bonds. The first kappa shape index (κ1) is 15.7. The summed E-state index contributed by atoms with van der Waals surface area (Å²) in [6.45, 7) is 8.67. The Labute approximate surface area is 114 Å². The molecule has 0 atom stereocenters. The van der Waals surface area contributed by atoms with E-state index in [4.69, 9.17) is 14.2 Å². The van der Waals surface area contributed by atoms with E-state index >= 15 is 0 Å². The summed E-state index contributed by atoms with van der Waals surface area (Å²) < 4.78 is 16.5. The highest BCUT2D eigenvalue weighted by Gasteiger charge is 2.13. The molecule has 0 radical (unpaired) electrons. The van der Waals surface area contributed by atoms with Gasteiger partial charge in [-0.15, -0.1) is 0 Å². The zero-order valence-electron chi connectivity index (χ0n) is 12.1. The second-order valence-corrected chi connectivity index (χ2v) is 4.21. The number of ether oxygens (including phenoxy) is 3. The first-order chi connectivity index (χ1) is 9.08. The van der Waals surface area contributed by atoms with Crippen molar-refractivity contribution < 1.29 is 19.0 Å². The number of hydrogen-bond donors (Lipinski definition) is 0. The van der Waals surface area contributed by atoms with Crippen LogP contribution in [-0.2, 0) is 9.47 Å². The van der Waals surface area contributed by atoms with Crippen LogP contribution in [0.15, 0.2) is 18.2 Å². The molecule has 1 aromatic carbocycles. The van der Waals surface area contributed by atoms with E-state index < -0.39 is 6.29 Å². The lowest BCUT2D eigenvalue weighted by atomic mass is 10.1. The van der Waals surface area contributed by atoms with Crippen LogP contribution >= 0.6 is 0 Å². The van der Waals surface area contributed by atoms with Gasteiger partial charge in [0.1, 0.15) is 12.4 Å². The predicted molar refractivity (Wildman–Crippen MR) is 73.7 cm³/mol. The SMILES string of the molecule is CCOC(COc1cc(C)ccc1C(C)=O)OCC. The number of benzene rings is 1. The third-order valence-electron chi connectivity index (χ3n) is 2.60. The van der Waals surface area contributed by atoms with Gasteiger partial charge in [0.2, 0.25) is 0 Å². The van der Waals surface area contributed by atoms with E-state index in [2.05, 4.69) is 0 Å². The minimum atomic E-state index is -0.407. The van der Waals surface area contributed by atoms with Crippen LogP contribution in [0.5, 0.6) is 5.75 Å². The molecule has 0 bridgehead atoms. The van der Waals surface area contributed by atoms with Crippen molar-refractivity contribution in [3.63, 3.8) is 0 Å². The van der Waals surface area contributed by atoms with Gasteiger partial charge in [-0.1, -0.05) is 6.07 Å². The predicted octanol–water partition coefficient (Wildman–Crippen LogP) is 2.98. The van der Waals surface area contributed by atoms with Crippen LogP contribution in [0.2, 0.25) is 0 Å². The van der Waals surface area contributed by atoms with Crippen molar-refractivity contribution in [1.29, 1.82) is 0 Å². The minimum Gasteiger partial charge on any atom is -0.488 e. The van der Waals surface area contributed by atoms with Gasteiger partial charge in [-0.05, 0) is 45.4 Å². The standard InChI is InChI=1S/C15H22O4/c1-5-17-15(18-6-2)10-19-14-9-11(3)7-8-13(14)12(4)16/h7-9,15H,5-6,10H2,1-4H3. The van der Waals surface area contributed by atoms with Crippen molar-refractivity contribution in [3.8, 4) is 5.75 Å². The Morgan fingerprint density at radius 2 is 1.84 bits per heavy atom. The van der Waals surface area contributed by atoms with E-state index in [0.717, 1.165) is 5.56 Å². The largest absolute Gasteiger partial charge is 0.488 e. The van der Waals surface area contributed by atoms with Crippen molar-refractivity contribution in [1.82, 2.24) is 0 Å². The van der Waals surface area contributed by atoms with Crippen molar-refractivity contribution in [2.24, 2.45) is 0 Å².